The fraction of sp³-hybridized carbons (Fsp3) is 0.273. The van der Waals surface area contributed by atoms with Crippen LogP contribution in [0.4, 0.5) is 0 Å². The number of nitrogens with two attached hydrogens (primary N) is 1. The predicted octanol–water partition coefficient (Wildman–Crippen LogP) is 2.40. The normalized spacial score (nSPS) is 10.6. The SMILES string of the molecule is NCCc1nc(C(=O)NCc2cc(Br)cs2)cs1. The van der Waals surface area contributed by atoms with Gasteiger partial charge in [0.1, 0.15) is 5.69 Å². The molecule has 0 aliphatic carbocycles. The molecule has 0 aliphatic rings. The summed E-state index contributed by atoms with van der Waals surface area (Å²) in [4.78, 5) is 17.2. The Bertz CT molecular complexity index is 538. The molecule has 0 saturated heterocycles. The van der Waals surface area contributed by atoms with Crippen molar-refractivity contribution in [2.75, 3.05) is 6.54 Å². The van der Waals surface area contributed by atoms with Crippen molar-refractivity contribution in [3.8, 4) is 0 Å². The van der Waals surface area contributed by atoms with Crippen LogP contribution in [0.25, 0.3) is 0 Å². The average molecular weight is 346 g/mol. The Balaban J connectivity index is 1.90. The molecule has 2 aromatic rings. The summed E-state index contributed by atoms with van der Waals surface area (Å²) >= 11 is 6.46. The Morgan fingerprint density at radius 2 is 2.28 bits per heavy atom. The van der Waals surface area contributed by atoms with E-state index in [1.165, 1.54) is 11.3 Å². The molecular weight excluding hydrogens is 334 g/mol. The van der Waals surface area contributed by atoms with E-state index in [0.29, 0.717) is 18.8 Å². The van der Waals surface area contributed by atoms with Crippen LogP contribution in [0.3, 0.4) is 0 Å². The minimum atomic E-state index is -0.140. The summed E-state index contributed by atoms with van der Waals surface area (Å²) in [6.07, 6.45) is 0.718. The van der Waals surface area contributed by atoms with Crippen molar-refractivity contribution in [1.82, 2.24) is 10.3 Å². The van der Waals surface area contributed by atoms with Crippen molar-refractivity contribution in [1.29, 1.82) is 0 Å². The van der Waals surface area contributed by atoms with Gasteiger partial charge < -0.3 is 11.1 Å². The number of aromatic nitrogens is 1. The molecule has 0 aliphatic heterocycles. The quantitative estimate of drug-likeness (QED) is 0.874. The maximum Gasteiger partial charge on any atom is 0.271 e. The lowest BCUT2D eigenvalue weighted by molar-refractivity contribution is 0.0947. The number of carbonyl (C=O) groups excluding carboxylic acids is 1. The number of hydrogen-bond donors (Lipinski definition) is 2. The lowest BCUT2D eigenvalue weighted by Crippen LogP contribution is -2.22. The summed E-state index contributed by atoms with van der Waals surface area (Å²) in [5.74, 6) is -0.140. The van der Waals surface area contributed by atoms with Crippen LogP contribution in [0.1, 0.15) is 20.4 Å². The van der Waals surface area contributed by atoms with Gasteiger partial charge in [-0.05, 0) is 28.5 Å². The van der Waals surface area contributed by atoms with E-state index in [4.69, 9.17) is 5.73 Å². The van der Waals surface area contributed by atoms with Crippen LogP contribution < -0.4 is 11.1 Å². The Morgan fingerprint density at radius 3 is 2.94 bits per heavy atom. The Labute approximate surface area is 121 Å². The van der Waals surface area contributed by atoms with Gasteiger partial charge in [0.2, 0.25) is 0 Å². The second-order valence-electron chi connectivity index (χ2n) is 3.58. The Hall–Kier alpha value is -0.760. The first kappa shape index (κ1) is 13.7. The first-order chi connectivity index (χ1) is 8.69. The maximum atomic E-state index is 11.8. The van der Waals surface area contributed by atoms with Gasteiger partial charge in [0.05, 0.1) is 11.6 Å². The number of amides is 1. The minimum absolute atomic E-state index is 0.140. The third-order valence-electron chi connectivity index (χ3n) is 2.19. The van der Waals surface area contributed by atoms with E-state index in [9.17, 15) is 4.79 Å². The van der Waals surface area contributed by atoms with Crippen molar-refractivity contribution < 1.29 is 4.79 Å². The zero-order chi connectivity index (χ0) is 13.0. The van der Waals surface area contributed by atoms with Crippen molar-refractivity contribution in [3.63, 3.8) is 0 Å². The van der Waals surface area contributed by atoms with Crippen LogP contribution in [0.2, 0.25) is 0 Å². The molecule has 0 saturated carbocycles. The predicted molar refractivity (Wildman–Crippen MR) is 78.1 cm³/mol. The van der Waals surface area contributed by atoms with E-state index >= 15 is 0 Å². The molecule has 0 aromatic carbocycles. The first-order valence-electron chi connectivity index (χ1n) is 5.34. The van der Waals surface area contributed by atoms with Gasteiger partial charge in [0, 0.05) is 26.5 Å². The monoisotopic (exact) mass is 345 g/mol. The topological polar surface area (TPSA) is 68.0 Å². The minimum Gasteiger partial charge on any atom is -0.346 e. The summed E-state index contributed by atoms with van der Waals surface area (Å²) in [5.41, 5.74) is 5.92. The highest BCUT2D eigenvalue weighted by atomic mass is 79.9. The van der Waals surface area contributed by atoms with Crippen molar-refractivity contribution >= 4 is 44.5 Å². The molecule has 0 unspecified atom stereocenters. The van der Waals surface area contributed by atoms with Crippen LogP contribution >= 0.6 is 38.6 Å². The van der Waals surface area contributed by atoms with Crippen molar-refractivity contribution in [2.24, 2.45) is 5.73 Å². The number of rotatable bonds is 5. The third-order valence-corrected chi connectivity index (χ3v) is 4.79. The second kappa shape index (κ2) is 6.42. The van der Waals surface area contributed by atoms with Gasteiger partial charge in [-0.2, -0.15) is 0 Å². The highest BCUT2D eigenvalue weighted by molar-refractivity contribution is 9.10. The molecule has 0 radical (unpaired) electrons. The molecule has 2 rings (SSSR count). The first-order valence-corrected chi connectivity index (χ1v) is 7.90. The van der Waals surface area contributed by atoms with Gasteiger partial charge in [0.25, 0.3) is 5.91 Å². The Morgan fingerprint density at radius 1 is 1.44 bits per heavy atom. The summed E-state index contributed by atoms with van der Waals surface area (Å²) in [5, 5.41) is 7.51. The molecule has 96 valence electrons. The van der Waals surface area contributed by atoms with Crippen molar-refractivity contribution in [2.45, 2.75) is 13.0 Å². The lowest BCUT2D eigenvalue weighted by atomic mass is 10.4. The Kier molecular flexibility index (Phi) is 4.87. The second-order valence-corrected chi connectivity index (χ2v) is 6.43. The fourth-order valence-corrected chi connectivity index (χ4v) is 3.54. The largest absolute Gasteiger partial charge is 0.346 e. The molecule has 0 spiro atoms. The molecule has 4 nitrogen and oxygen atoms in total. The van der Waals surface area contributed by atoms with E-state index < -0.39 is 0 Å². The van der Waals surface area contributed by atoms with Gasteiger partial charge >= 0.3 is 0 Å². The zero-order valence-corrected chi connectivity index (χ0v) is 12.7. The van der Waals surface area contributed by atoms with E-state index in [1.54, 1.807) is 16.7 Å². The summed E-state index contributed by atoms with van der Waals surface area (Å²) < 4.78 is 1.04. The molecule has 7 heteroatoms. The third kappa shape index (κ3) is 3.61. The molecular formula is C11H12BrN3OS2. The molecule has 2 aromatic heterocycles. The highest BCUT2D eigenvalue weighted by Crippen LogP contribution is 2.19. The van der Waals surface area contributed by atoms with Crippen LogP contribution in [0.15, 0.2) is 21.3 Å². The number of nitrogens with zero attached hydrogens (tertiary/aromatic N) is 1. The number of hydrogen-bond acceptors (Lipinski definition) is 5. The van der Waals surface area contributed by atoms with Gasteiger partial charge in [-0.1, -0.05) is 0 Å². The van der Waals surface area contributed by atoms with Crippen LogP contribution in [-0.4, -0.2) is 17.4 Å². The van der Waals surface area contributed by atoms with Crippen LogP contribution in [0.5, 0.6) is 0 Å². The lowest BCUT2D eigenvalue weighted by Gasteiger charge is -2.00. The molecule has 1 amide bonds. The standard InChI is InChI=1S/C11H12BrN3OS2/c12-7-3-8(17-5-7)4-14-11(16)9-6-18-10(15-9)1-2-13/h3,5-6H,1-2,4,13H2,(H,14,16). The summed E-state index contributed by atoms with van der Waals surface area (Å²) in [6, 6.07) is 1.99. The smallest absolute Gasteiger partial charge is 0.271 e. The molecule has 3 N–H and O–H groups in total. The molecule has 0 atom stereocenters. The summed E-state index contributed by atoms with van der Waals surface area (Å²) in [6.45, 7) is 1.08. The zero-order valence-electron chi connectivity index (χ0n) is 9.48. The fourth-order valence-electron chi connectivity index (χ4n) is 1.36. The number of thiazole rings is 1. The van der Waals surface area contributed by atoms with E-state index in [-0.39, 0.29) is 5.91 Å². The number of carbonyl (C=O) groups is 1. The summed E-state index contributed by atoms with van der Waals surface area (Å²) in [7, 11) is 0. The number of halogens is 1. The molecule has 0 bridgehead atoms. The maximum absolute atomic E-state index is 11.8. The van der Waals surface area contributed by atoms with Crippen molar-refractivity contribution in [3.05, 3.63) is 36.9 Å². The van der Waals surface area contributed by atoms with Gasteiger partial charge in [-0.3, -0.25) is 4.79 Å². The average Bonchev–Trinajstić information content (AvgIpc) is 2.96. The van der Waals surface area contributed by atoms with Gasteiger partial charge in [-0.15, -0.1) is 22.7 Å². The van der Waals surface area contributed by atoms with E-state index in [1.807, 2.05) is 11.4 Å². The number of nitrogens with one attached hydrogen (secondary N) is 1. The molecule has 0 fully saturated rings. The van der Waals surface area contributed by atoms with E-state index in [2.05, 4.69) is 26.2 Å². The number of thiophene rings is 1. The van der Waals surface area contributed by atoms with Gasteiger partial charge in [0.15, 0.2) is 0 Å². The van der Waals surface area contributed by atoms with E-state index in [0.717, 1.165) is 20.8 Å². The molecule has 2 heterocycles. The molecule has 18 heavy (non-hydrogen) atoms. The van der Waals surface area contributed by atoms with Crippen LogP contribution in [0, 0.1) is 0 Å². The van der Waals surface area contributed by atoms with Crippen LogP contribution in [-0.2, 0) is 13.0 Å². The van der Waals surface area contributed by atoms with Gasteiger partial charge in [-0.25, -0.2) is 4.98 Å². The highest BCUT2D eigenvalue weighted by Gasteiger charge is 2.10.